The third-order valence-electron chi connectivity index (χ3n) is 3.18. The van der Waals surface area contributed by atoms with E-state index in [-0.39, 0.29) is 0 Å². The third-order valence-corrected chi connectivity index (χ3v) is 3.18. The number of allylic oxidation sites excluding steroid dienone is 2. The van der Waals surface area contributed by atoms with Crippen molar-refractivity contribution in [2.75, 3.05) is 5.32 Å². The van der Waals surface area contributed by atoms with Crippen LogP contribution in [0.1, 0.15) is 22.8 Å². The number of carbonyl (C=O) groups is 1. The van der Waals surface area contributed by atoms with Crippen LogP contribution in [-0.2, 0) is 0 Å². The van der Waals surface area contributed by atoms with Crippen LogP contribution in [0.4, 0.5) is 5.69 Å². The largest absolute Gasteiger partial charge is 0.366 e. The minimum atomic E-state index is -0.440. The molecule has 0 bridgehead atoms. The average molecular weight is 305 g/mol. The molecule has 1 amide bonds. The molecule has 0 heterocycles. The fourth-order valence-corrected chi connectivity index (χ4v) is 1.95. The number of amides is 1. The first-order valence-electron chi connectivity index (χ1n) is 7.18. The average Bonchev–Trinajstić information content (AvgIpc) is 2.56. The van der Waals surface area contributed by atoms with Gasteiger partial charge in [-0.3, -0.25) is 4.79 Å². The lowest BCUT2D eigenvalue weighted by atomic mass is 10.1. The van der Waals surface area contributed by atoms with Crippen LogP contribution >= 0.6 is 0 Å². The van der Waals surface area contributed by atoms with Crippen LogP contribution in [0, 0.1) is 0 Å². The Morgan fingerprint density at radius 2 is 1.74 bits per heavy atom. The minimum absolute atomic E-state index is 0.440. The van der Waals surface area contributed by atoms with Crippen molar-refractivity contribution < 1.29 is 4.79 Å². The van der Waals surface area contributed by atoms with E-state index in [9.17, 15) is 4.79 Å². The Labute approximate surface area is 136 Å². The molecular weight excluding hydrogens is 286 g/mol. The molecule has 3 N–H and O–H groups in total. The van der Waals surface area contributed by atoms with Crippen molar-refractivity contribution in [2.45, 2.75) is 6.92 Å². The fourth-order valence-electron chi connectivity index (χ4n) is 1.95. The standard InChI is InChI=1S/C19H19N3O/c1-14(16-6-4-3-5-7-16)12-13-21-15(2)22-18-10-8-17(9-11-18)19(20)23/h3-13H,1H2,2H3,(H2,20,23)(H,21,22)/b13-12-. The van der Waals surface area contributed by atoms with Gasteiger partial charge in [-0.15, -0.1) is 0 Å². The number of hydrogen-bond acceptors (Lipinski definition) is 2. The molecule has 0 spiro atoms. The highest BCUT2D eigenvalue weighted by atomic mass is 16.1. The highest BCUT2D eigenvalue weighted by Gasteiger charge is 1.99. The van der Waals surface area contributed by atoms with Gasteiger partial charge in [-0.2, -0.15) is 0 Å². The van der Waals surface area contributed by atoms with Crippen LogP contribution in [0.5, 0.6) is 0 Å². The van der Waals surface area contributed by atoms with Crippen LogP contribution in [0.15, 0.2) is 78.4 Å². The van der Waals surface area contributed by atoms with Crippen LogP contribution in [0.3, 0.4) is 0 Å². The Balaban J connectivity index is 1.96. The number of rotatable bonds is 5. The number of amidine groups is 1. The van der Waals surface area contributed by atoms with Gasteiger partial charge in [0.15, 0.2) is 0 Å². The zero-order valence-corrected chi connectivity index (χ0v) is 13.0. The number of primary amides is 1. The summed E-state index contributed by atoms with van der Waals surface area (Å²) >= 11 is 0. The first-order valence-corrected chi connectivity index (χ1v) is 7.18. The fraction of sp³-hybridized carbons (Fsp3) is 0.0526. The zero-order chi connectivity index (χ0) is 16.7. The molecule has 0 aliphatic rings. The SMILES string of the molecule is C=C(/C=C\N=C(C)Nc1ccc(C(N)=O)cc1)c1ccccc1. The number of nitrogens with zero attached hydrogens (tertiary/aromatic N) is 1. The molecule has 2 aromatic rings. The van der Waals surface area contributed by atoms with Crippen LogP contribution < -0.4 is 11.1 Å². The lowest BCUT2D eigenvalue weighted by Gasteiger charge is -2.05. The van der Waals surface area contributed by atoms with Crippen LogP contribution in [0.25, 0.3) is 5.57 Å². The van der Waals surface area contributed by atoms with Crippen LogP contribution in [-0.4, -0.2) is 11.7 Å². The number of nitrogens with two attached hydrogens (primary N) is 1. The van der Waals surface area contributed by atoms with E-state index in [1.807, 2.05) is 43.3 Å². The summed E-state index contributed by atoms with van der Waals surface area (Å²) < 4.78 is 0. The minimum Gasteiger partial charge on any atom is -0.366 e. The van der Waals surface area contributed by atoms with Gasteiger partial charge >= 0.3 is 0 Å². The Kier molecular flexibility index (Phi) is 5.47. The Hall–Kier alpha value is -3.14. The van der Waals surface area contributed by atoms with E-state index < -0.39 is 5.91 Å². The van der Waals surface area contributed by atoms with E-state index in [2.05, 4.69) is 16.9 Å². The van der Waals surface area contributed by atoms with E-state index in [0.29, 0.717) is 5.56 Å². The second kappa shape index (κ2) is 7.75. The molecule has 0 radical (unpaired) electrons. The van der Waals surface area contributed by atoms with Crippen molar-refractivity contribution in [3.8, 4) is 0 Å². The van der Waals surface area contributed by atoms with Crippen molar-refractivity contribution in [1.29, 1.82) is 0 Å². The molecule has 2 rings (SSSR count). The van der Waals surface area contributed by atoms with Gasteiger partial charge in [0.25, 0.3) is 0 Å². The first-order chi connectivity index (χ1) is 11.1. The summed E-state index contributed by atoms with van der Waals surface area (Å²) in [6.07, 6.45) is 3.56. The number of hydrogen-bond donors (Lipinski definition) is 2. The summed E-state index contributed by atoms with van der Waals surface area (Å²) in [5.74, 6) is 0.290. The van der Waals surface area contributed by atoms with E-state index in [1.54, 1.807) is 30.5 Å². The van der Waals surface area contributed by atoms with Gasteiger partial charge in [0, 0.05) is 17.5 Å². The predicted octanol–water partition coefficient (Wildman–Crippen LogP) is 3.84. The second-order valence-corrected chi connectivity index (χ2v) is 4.99. The first kappa shape index (κ1) is 16.2. The van der Waals surface area contributed by atoms with Gasteiger partial charge in [0.05, 0.1) is 0 Å². The van der Waals surface area contributed by atoms with Gasteiger partial charge in [-0.05, 0) is 48.4 Å². The van der Waals surface area contributed by atoms with E-state index in [4.69, 9.17) is 5.73 Å². The van der Waals surface area contributed by atoms with Crippen molar-refractivity contribution in [3.05, 3.63) is 84.6 Å². The molecule has 0 fully saturated rings. The highest BCUT2D eigenvalue weighted by Crippen LogP contribution is 2.13. The Morgan fingerprint density at radius 3 is 2.35 bits per heavy atom. The topological polar surface area (TPSA) is 67.5 Å². The van der Waals surface area contributed by atoms with E-state index >= 15 is 0 Å². The molecule has 4 nitrogen and oxygen atoms in total. The maximum atomic E-state index is 11.0. The van der Waals surface area contributed by atoms with Gasteiger partial charge in [-0.1, -0.05) is 36.9 Å². The maximum absolute atomic E-state index is 11.0. The maximum Gasteiger partial charge on any atom is 0.248 e. The number of carbonyl (C=O) groups excluding carboxylic acids is 1. The summed E-state index contributed by atoms with van der Waals surface area (Å²) in [6.45, 7) is 5.87. The lowest BCUT2D eigenvalue weighted by Crippen LogP contribution is -2.11. The molecule has 0 aliphatic carbocycles. The molecule has 0 atom stereocenters. The quantitative estimate of drug-likeness (QED) is 0.500. The second-order valence-electron chi connectivity index (χ2n) is 4.99. The Morgan fingerprint density at radius 1 is 1.09 bits per heavy atom. The van der Waals surface area contributed by atoms with Gasteiger partial charge in [-0.25, -0.2) is 4.99 Å². The predicted molar refractivity (Wildman–Crippen MR) is 96.3 cm³/mol. The van der Waals surface area contributed by atoms with Crippen molar-refractivity contribution in [3.63, 3.8) is 0 Å². The zero-order valence-electron chi connectivity index (χ0n) is 13.0. The molecule has 2 aromatic carbocycles. The third kappa shape index (κ3) is 4.97. The lowest BCUT2D eigenvalue weighted by molar-refractivity contribution is 0.100. The Bertz CT molecular complexity index is 744. The molecule has 23 heavy (non-hydrogen) atoms. The molecule has 0 unspecified atom stereocenters. The van der Waals surface area contributed by atoms with Crippen molar-refractivity contribution in [1.82, 2.24) is 0 Å². The monoisotopic (exact) mass is 305 g/mol. The molecule has 4 heteroatoms. The molecule has 0 aromatic heterocycles. The van der Waals surface area contributed by atoms with E-state index in [0.717, 1.165) is 22.7 Å². The summed E-state index contributed by atoms with van der Waals surface area (Å²) in [7, 11) is 0. The smallest absolute Gasteiger partial charge is 0.248 e. The van der Waals surface area contributed by atoms with Crippen LogP contribution in [0.2, 0.25) is 0 Å². The number of nitrogens with one attached hydrogen (secondary N) is 1. The number of aliphatic imine (C=N–C) groups is 1. The number of anilines is 1. The van der Waals surface area contributed by atoms with Gasteiger partial charge in [0.2, 0.25) is 5.91 Å². The molecule has 0 aliphatic heterocycles. The van der Waals surface area contributed by atoms with Gasteiger partial charge < -0.3 is 11.1 Å². The molecule has 116 valence electrons. The van der Waals surface area contributed by atoms with Crippen molar-refractivity contribution in [2.24, 2.45) is 10.7 Å². The molecular formula is C19H19N3O. The van der Waals surface area contributed by atoms with E-state index in [1.165, 1.54) is 0 Å². The normalized spacial score (nSPS) is 11.4. The summed E-state index contributed by atoms with van der Waals surface area (Å²) in [4.78, 5) is 15.3. The summed E-state index contributed by atoms with van der Waals surface area (Å²) in [6, 6.07) is 16.8. The highest BCUT2D eigenvalue weighted by molar-refractivity contribution is 5.96. The molecule has 0 saturated heterocycles. The molecule has 0 saturated carbocycles. The summed E-state index contributed by atoms with van der Waals surface area (Å²) in [5, 5.41) is 3.14. The number of benzene rings is 2. The van der Waals surface area contributed by atoms with Gasteiger partial charge in [0.1, 0.15) is 5.84 Å². The summed E-state index contributed by atoms with van der Waals surface area (Å²) in [5.41, 5.74) is 8.48. The van der Waals surface area contributed by atoms with Crippen molar-refractivity contribution >= 4 is 23.0 Å².